The predicted octanol–water partition coefficient (Wildman–Crippen LogP) is 4.09. The van der Waals surface area contributed by atoms with Crippen LogP contribution in [-0.4, -0.2) is 29.6 Å². The summed E-state index contributed by atoms with van der Waals surface area (Å²) in [5.74, 6) is 0.780. The summed E-state index contributed by atoms with van der Waals surface area (Å²) in [4.78, 5) is 12.9. The first-order valence-corrected chi connectivity index (χ1v) is 10.1. The van der Waals surface area contributed by atoms with Crippen molar-refractivity contribution in [3.8, 4) is 11.5 Å². The van der Waals surface area contributed by atoms with Crippen LogP contribution in [0.1, 0.15) is 17.2 Å². The third kappa shape index (κ3) is 6.84. The molecule has 1 amide bonds. The molecule has 3 rings (SSSR count). The topological polar surface area (TPSA) is 100 Å². The van der Waals surface area contributed by atoms with Crippen molar-refractivity contribution >= 4 is 24.4 Å². The summed E-state index contributed by atoms with van der Waals surface area (Å²) in [7, 11) is 0. The average Bonchev–Trinajstić information content (AvgIpc) is 2.79. The van der Waals surface area contributed by atoms with Crippen molar-refractivity contribution in [3.63, 3.8) is 0 Å². The number of alkyl carbamates (subject to hydrolysis) is 1. The molecular formula is C23H24N2O5S. The smallest absolute Gasteiger partial charge is 0.408 e. The summed E-state index contributed by atoms with van der Waals surface area (Å²) in [6, 6.07) is 20.4. The molecule has 1 atom stereocenters. The first-order valence-electron chi connectivity index (χ1n) is 9.62. The minimum absolute atomic E-state index is 0.0745. The molecule has 0 saturated heterocycles. The van der Waals surface area contributed by atoms with Gasteiger partial charge in [0, 0.05) is 4.90 Å². The lowest BCUT2D eigenvalue weighted by atomic mass is 10.1. The van der Waals surface area contributed by atoms with E-state index in [1.807, 2.05) is 24.3 Å². The van der Waals surface area contributed by atoms with Gasteiger partial charge in [0.25, 0.3) is 0 Å². The van der Waals surface area contributed by atoms with Crippen molar-refractivity contribution in [1.82, 2.24) is 5.32 Å². The summed E-state index contributed by atoms with van der Waals surface area (Å²) < 4.78 is 10.9. The number of anilines is 1. The number of hydrogen-bond donors (Lipinski definition) is 5. The zero-order valence-corrected chi connectivity index (χ0v) is 17.6. The molecule has 3 aromatic rings. The number of carbonyl (C=O) groups excluding carboxylic acids is 1. The lowest BCUT2D eigenvalue weighted by Crippen LogP contribution is -2.31. The van der Waals surface area contributed by atoms with Gasteiger partial charge in [0.15, 0.2) is 6.73 Å². The molecule has 0 fully saturated rings. The molecule has 4 N–H and O–H groups in total. The SMILES string of the molecule is O=C(N[C@H](CO)c1ccc(O)cc1)OCc1ccc(OCNc2ccccc2S)cc1. The lowest BCUT2D eigenvalue weighted by Gasteiger charge is -2.17. The second kappa shape index (κ2) is 11.1. The molecule has 0 heterocycles. The van der Waals surface area contributed by atoms with E-state index >= 15 is 0 Å². The van der Waals surface area contributed by atoms with Crippen LogP contribution in [0.3, 0.4) is 0 Å². The lowest BCUT2D eigenvalue weighted by molar-refractivity contribution is 0.129. The van der Waals surface area contributed by atoms with Gasteiger partial charge in [-0.25, -0.2) is 4.79 Å². The molecule has 0 bridgehead atoms. The van der Waals surface area contributed by atoms with E-state index in [1.54, 1.807) is 36.4 Å². The van der Waals surface area contributed by atoms with E-state index in [9.17, 15) is 15.0 Å². The Kier molecular flexibility index (Phi) is 8.03. The summed E-state index contributed by atoms with van der Waals surface area (Å²) in [6.45, 7) is 0.0678. The maximum Gasteiger partial charge on any atom is 0.408 e. The molecule has 0 saturated carbocycles. The number of aromatic hydroxyl groups is 1. The fourth-order valence-electron chi connectivity index (χ4n) is 2.78. The Labute approximate surface area is 186 Å². The van der Waals surface area contributed by atoms with Crippen molar-refractivity contribution in [3.05, 3.63) is 83.9 Å². The second-order valence-electron chi connectivity index (χ2n) is 6.67. The number of hydrogen-bond acceptors (Lipinski definition) is 7. The van der Waals surface area contributed by atoms with E-state index in [1.165, 1.54) is 12.1 Å². The number of carbonyl (C=O) groups is 1. The molecule has 31 heavy (non-hydrogen) atoms. The van der Waals surface area contributed by atoms with Crippen LogP contribution in [0.5, 0.6) is 11.5 Å². The highest BCUT2D eigenvalue weighted by molar-refractivity contribution is 7.80. The maximum absolute atomic E-state index is 12.1. The van der Waals surface area contributed by atoms with Gasteiger partial charge in [0.1, 0.15) is 18.1 Å². The van der Waals surface area contributed by atoms with Crippen LogP contribution in [0.2, 0.25) is 0 Å². The monoisotopic (exact) mass is 440 g/mol. The Balaban J connectivity index is 1.43. The Morgan fingerprint density at radius 1 is 1.00 bits per heavy atom. The van der Waals surface area contributed by atoms with Gasteiger partial charge in [-0.1, -0.05) is 36.4 Å². The minimum Gasteiger partial charge on any atom is -0.508 e. The minimum atomic E-state index is -0.651. The number of phenolic OH excluding ortho intramolecular Hbond substituents is 1. The zero-order chi connectivity index (χ0) is 22.1. The van der Waals surface area contributed by atoms with Crippen LogP contribution in [0.4, 0.5) is 10.5 Å². The van der Waals surface area contributed by atoms with Crippen LogP contribution in [0.25, 0.3) is 0 Å². The van der Waals surface area contributed by atoms with Gasteiger partial charge >= 0.3 is 6.09 Å². The molecule has 0 unspecified atom stereocenters. The number of aliphatic hydroxyl groups is 1. The Bertz CT molecular complexity index is 980. The van der Waals surface area contributed by atoms with Gasteiger partial charge in [-0.2, -0.15) is 0 Å². The summed E-state index contributed by atoms with van der Waals surface area (Å²) in [5, 5.41) is 24.6. The van der Waals surface area contributed by atoms with Crippen molar-refractivity contribution in [2.75, 3.05) is 18.7 Å². The summed E-state index contributed by atoms with van der Waals surface area (Å²) >= 11 is 4.37. The Morgan fingerprint density at radius 3 is 2.39 bits per heavy atom. The van der Waals surface area contributed by atoms with Gasteiger partial charge in [0.05, 0.1) is 18.3 Å². The Morgan fingerprint density at radius 2 is 1.71 bits per heavy atom. The molecule has 0 spiro atoms. The summed E-state index contributed by atoms with van der Waals surface area (Å²) in [5.41, 5.74) is 2.34. The first kappa shape index (κ1) is 22.3. The highest BCUT2D eigenvalue weighted by atomic mass is 32.1. The molecule has 3 aromatic carbocycles. The van der Waals surface area contributed by atoms with Gasteiger partial charge in [-0.05, 0) is 47.5 Å². The molecule has 8 heteroatoms. The number of rotatable bonds is 9. The number of thiol groups is 1. The molecule has 0 aliphatic rings. The molecule has 162 valence electrons. The predicted molar refractivity (Wildman–Crippen MR) is 121 cm³/mol. The number of phenols is 1. The molecule has 0 aliphatic carbocycles. The Hall–Kier alpha value is -3.36. The van der Waals surface area contributed by atoms with Gasteiger partial charge < -0.3 is 30.3 Å². The van der Waals surface area contributed by atoms with E-state index < -0.39 is 12.1 Å². The number of amides is 1. The number of ether oxygens (including phenoxy) is 2. The highest BCUT2D eigenvalue weighted by Gasteiger charge is 2.14. The van der Waals surface area contributed by atoms with Crippen LogP contribution in [-0.2, 0) is 11.3 Å². The molecule has 0 radical (unpaired) electrons. The second-order valence-corrected chi connectivity index (χ2v) is 7.16. The highest BCUT2D eigenvalue weighted by Crippen LogP contribution is 2.19. The van der Waals surface area contributed by atoms with E-state index in [0.29, 0.717) is 11.3 Å². The molecular weight excluding hydrogens is 416 g/mol. The molecule has 0 aromatic heterocycles. The quantitative estimate of drug-likeness (QED) is 0.254. The van der Waals surface area contributed by atoms with E-state index in [-0.39, 0.29) is 25.7 Å². The first-order chi connectivity index (χ1) is 15.0. The van der Waals surface area contributed by atoms with Gasteiger partial charge in [-0.3, -0.25) is 0 Å². The van der Waals surface area contributed by atoms with Crippen molar-refractivity contribution < 1.29 is 24.5 Å². The number of aliphatic hydroxyl groups excluding tert-OH is 1. The van der Waals surface area contributed by atoms with Crippen LogP contribution in [0, 0.1) is 0 Å². The van der Waals surface area contributed by atoms with E-state index in [0.717, 1.165) is 16.1 Å². The zero-order valence-electron chi connectivity index (χ0n) is 16.7. The third-order valence-electron chi connectivity index (χ3n) is 4.47. The van der Waals surface area contributed by atoms with E-state index in [4.69, 9.17) is 9.47 Å². The largest absolute Gasteiger partial charge is 0.508 e. The number of benzene rings is 3. The third-order valence-corrected chi connectivity index (χ3v) is 4.86. The fraction of sp³-hybridized carbons (Fsp3) is 0.174. The van der Waals surface area contributed by atoms with Gasteiger partial charge in [-0.15, -0.1) is 12.6 Å². The standard InChI is InChI=1S/C23H24N2O5S/c26-13-21(17-7-9-18(27)10-8-17)25-23(28)29-14-16-5-11-19(12-6-16)30-15-24-20-3-1-2-4-22(20)31/h1-12,21,24,26-27,31H,13-15H2,(H,25,28)/t21-/m1/s1. The van der Waals surface area contributed by atoms with Crippen molar-refractivity contribution in [1.29, 1.82) is 0 Å². The van der Waals surface area contributed by atoms with Crippen LogP contribution < -0.4 is 15.4 Å². The van der Waals surface area contributed by atoms with E-state index in [2.05, 4.69) is 23.3 Å². The maximum atomic E-state index is 12.1. The van der Waals surface area contributed by atoms with Crippen molar-refractivity contribution in [2.45, 2.75) is 17.5 Å². The number of nitrogens with one attached hydrogen (secondary N) is 2. The molecule has 7 nitrogen and oxygen atoms in total. The van der Waals surface area contributed by atoms with Crippen molar-refractivity contribution in [2.24, 2.45) is 0 Å². The van der Waals surface area contributed by atoms with Gasteiger partial charge in [0.2, 0.25) is 0 Å². The molecule has 0 aliphatic heterocycles. The van der Waals surface area contributed by atoms with Crippen LogP contribution >= 0.6 is 12.6 Å². The average molecular weight is 441 g/mol. The number of para-hydroxylation sites is 1. The normalized spacial score (nSPS) is 11.4. The summed E-state index contributed by atoms with van der Waals surface area (Å²) in [6.07, 6.45) is -0.651. The fourth-order valence-corrected chi connectivity index (χ4v) is 3.02. The van der Waals surface area contributed by atoms with Crippen LogP contribution in [0.15, 0.2) is 77.7 Å².